The molecule has 0 amide bonds. The lowest BCUT2D eigenvalue weighted by Gasteiger charge is -2.01. The molecule has 0 aliphatic heterocycles. The van der Waals surface area contributed by atoms with E-state index in [0.29, 0.717) is 0 Å². The van der Waals surface area contributed by atoms with Crippen molar-refractivity contribution in [2.45, 2.75) is 0 Å². The third-order valence-electron chi connectivity index (χ3n) is 1.50. The van der Waals surface area contributed by atoms with Gasteiger partial charge in [-0.2, -0.15) is 0 Å². The normalized spacial score (nSPS) is 10.6. The molecule has 0 bridgehead atoms. The van der Waals surface area contributed by atoms with E-state index in [1.807, 2.05) is 38.3 Å². The molecule has 1 aromatic heterocycles. The molecule has 0 aromatic carbocycles. The number of carbonyl (C=O) groups is 1. The molecule has 0 N–H and O–H groups in total. The Morgan fingerprint density at radius 1 is 1.62 bits per heavy atom. The Morgan fingerprint density at radius 2 is 2.31 bits per heavy atom. The number of hydrogen-bond donors (Lipinski definition) is 0. The Kier molecular flexibility index (Phi) is 3.31. The molecule has 1 rings (SSSR count). The number of nitrogens with zero attached hydrogens (tertiary/aromatic N) is 1. The van der Waals surface area contributed by atoms with Gasteiger partial charge in [0.25, 0.3) is 0 Å². The zero-order chi connectivity index (χ0) is 9.84. The van der Waals surface area contributed by atoms with E-state index >= 15 is 0 Å². The number of thiophene rings is 1. The Labute approximate surface area is 83.3 Å². The fourth-order valence-corrected chi connectivity index (χ4v) is 1.68. The van der Waals surface area contributed by atoms with E-state index < -0.39 is 0 Å². The highest BCUT2D eigenvalue weighted by Crippen LogP contribution is 2.07. The van der Waals surface area contributed by atoms with E-state index in [1.165, 1.54) is 11.3 Å². The Hall–Kier alpha value is -1.03. The molecule has 68 valence electrons. The van der Waals surface area contributed by atoms with E-state index in [0.717, 1.165) is 10.3 Å². The molecule has 1 aromatic rings. The largest absolute Gasteiger partial charge is 0.383 e. The SMILES string of the molecule is Bc1csc(C(=O)C=CN(C)C)c1. The number of rotatable bonds is 3. The molecule has 0 radical (unpaired) electrons. The van der Waals surface area contributed by atoms with Crippen LogP contribution in [0.2, 0.25) is 0 Å². The lowest BCUT2D eigenvalue weighted by atomic mass is 10.0. The summed E-state index contributed by atoms with van der Waals surface area (Å²) >= 11 is 1.49. The van der Waals surface area contributed by atoms with Crippen LogP contribution >= 0.6 is 11.3 Å². The third-order valence-corrected chi connectivity index (χ3v) is 2.56. The first kappa shape index (κ1) is 10.1. The first-order valence-corrected chi connectivity index (χ1v) is 4.91. The standard InChI is InChI=1S/C9H12BNOS/c1-11(2)4-3-8(12)9-5-7(10)6-13-9/h3-6H,10H2,1-2H3. The van der Waals surface area contributed by atoms with Crippen molar-refractivity contribution in [3.05, 3.63) is 28.6 Å². The van der Waals surface area contributed by atoms with Crippen molar-refractivity contribution < 1.29 is 4.79 Å². The van der Waals surface area contributed by atoms with Crippen LogP contribution < -0.4 is 5.46 Å². The number of ketones is 1. The maximum atomic E-state index is 11.5. The highest BCUT2D eigenvalue weighted by molar-refractivity contribution is 7.13. The fraction of sp³-hybridized carbons (Fsp3) is 0.222. The van der Waals surface area contributed by atoms with Crippen molar-refractivity contribution in [1.82, 2.24) is 4.90 Å². The van der Waals surface area contributed by atoms with E-state index in [-0.39, 0.29) is 5.78 Å². The molecule has 0 saturated heterocycles. The monoisotopic (exact) mass is 193 g/mol. The van der Waals surface area contributed by atoms with Gasteiger partial charge in [-0.05, 0) is 11.4 Å². The van der Waals surface area contributed by atoms with Crippen LogP contribution in [-0.4, -0.2) is 32.6 Å². The van der Waals surface area contributed by atoms with Gasteiger partial charge in [0, 0.05) is 26.4 Å². The summed E-state index contributed by atoms with van der Waals surface area (Å²) in [6, 6.07) is 1.91. The summed E-state index contributed by atoms with van der Waals surface area (Å²) in [5.74, 6) is 0.0757. The predicted molar refractivity (Wildman–Crippen MR) is 59.7 cm³/mol. The van der Waals surface area contributed by atoms with Gasteiger partial charge in [0.2, 0.25) is 0 Å². The van der Waals surface area contributed by atoms with Crippen LogP contribution in [-0.2, 0) is 0 Å². The van der Waals surface area contributed by atoms with Crippen molar-refractivity contribution in [3.63, 3.8) is 0 Å². The van der Waals surface area contributed by atoms with Gasteiger partial charge in [-0.25, -0.2) is 0 Å². The minimum absolute atomic E-state index is 0.0757. The summed E-state index contributed by atoms with van der Waals surface area (Å²) in [6.07, 6.45) is 3.35. The van der Waals surface area contributed by atoms with Crippen molar-refractivity contribution in [3.8, 4) is 0 Å². The van der Waals surface area contributed by atoms with Crippen LogP contribution in [0.4, 0.5) is 0 Å². The summed E-state index contributed by atoms with van der Waals surface area (Å²) in [7, 11) is 5.77. The average Bonchev–Trinajstić information content (AvgIpc) is 2.47. The first-order valence-electron chi connectivity index (χ1n) is 4.03. The molecule has 1 heterocycles. The lowest BCUT2D eigenvalue weighted by molar-refractivity contribution is 0.104. The van der Waals surface area contributed by atoms with Gasteiger partial charge in [0.15, 0.2) is 5.78 Å². The molecule has 0 atom stereocenters. The van der Waals surface area contributed by atoms with Gasteiger partial charge >= 0.3 is 0 Å². The van der Waals surface area contributed by atoms with Crippen molar-refractivity contribution in [1.29, 1.82) is 0 Å². The van der Waals surface area contributed by atoms with E-state index in [4.69, 9.17) is 0 Å². The van der Waals surface area contributed by atoms with Gasteiger partial charge < -0.3 is 4.90 Å². The fourth-order valence-electron chi connectivity index (χ4n) is 0.859. The quantitative estimate of drug-likeness (QED) is 0.390. The predicted octanol–water partition coefficient (Wildman–Crippen LogP) is 0.264. The van der Waals surface area contributed by atoms with Gasteiger partial charge in [0.05, 0.1) is 4.88 Å². The Morgan fingerprint density at radius 3 is 2.77 bits per heavy atom. The van der Waals surface area contributed by atoms with Crippen LogP contribution in [0.5, 0.6) is 0 Å². The van der Waals surface area contributed by atoms with Gasteiger partial charge in [-0.3, -0.25) is 4.79 Å². The van der Waals surface area contributed by atoms with Crippen LogP contribution in [0, 0.1) is 0 Å². The van der Waals surface area contributed by atoms with Gasteiger partial charge in [-0.15, -0.1) is 11.3 Å². The topological polar surface area (TPSA) is 20.3 Å². The van der Waals surface area contributed by atoms with Crippen LogP contribution in [0.3, 0.4) is 0 Å². The van der Waals surface area contributed by atoms with Gasteiger partial charge in [-0.1, -0.05) is 5.46 Å². The van der Waals surface area contributed by atoms with E-state index in [2.05, 4.69) is 0 Å². The van der Waals surface area contributed by atoms with Crippen molar-refractivity contribution in [2.75, 3.05) is 14.1 Å². The Balaban J connectivity index is 2.69. The number of allylic oxidation sites excluding steroid dienone is 1. The molecule has 0 saturated carbocycles. The molecule has 0 spiro atoms. The smallest absolute Gasteiger partial charge is 0.197 e. The minimum atomic E-state index is 0.0757. The zero-order valence-electron chi connectivity index (χ0n) is 8.07. The Bertz CT molecular complexity index is 330. The molecular formula is C9H12BNOS. The molecule has 0 aliphatic carbocycles. The second kappa shape index (κ2) is 4.28. The number of carbonyl (C=O) groups excluding carboxylic acids is 1. The zero-order valence-corrected chi connectivity index (χ0v) is 8.89. The van der Waals surface area contributed by atoms with Crippen molar-refractivity contribution in [2.24, 2.45) is 0 Å². The maximum Gasteiger partial charge on any atom is 0.197 e. The molecule has 0 unspecified atom stereocenters. The number of hydrogen-bond acceptors (Lipinski definition) is 3. The van der Waals surface area contributed by atoms with E-state index in [1.54, 1.807) is 12.3 Å². The summed E-state index contributed by atoms with van der Waals surface area (Å²) in [4.78, 5) is 14.1. The van der Waals surface area contributed by atoms with E-state index in [9.17, 15) is 4.79 Å². The summed E-state index contributed by atoms with van der Waals surface area (Å²) in [5.41, 5.74) is 1.15. The minimum Gasteiger partial charge on any atom is -0.383 e. The second-order valence-corrected chi connectivity index (χ2v) is 4.04. The van der Waals surface area contributed by atoms with Crippen LogP contribution in [0.15, 0.2) is 23.7 Å². The molecule has 0 aliphatic rings. The van der Waals surface area contributed by atoms with Crippen molar-refractivity contribution >= 4 is 30.4 Å². The average molecular weight is 193 g/mol. The molecular weight excluding hydrogens is 181 g/mol. The molecule has 2 nitrogen and oxygen atoms in total. The summed E-state index contributed by atoms with van der Waals surface area (Å²) in [6.45, 7) is 0. The maximum absolute atomic E-state index is 11.5. The highest BCUT2D eigenvalue weighted by Gasteiger charge is 2.03. The van der Waals surface area contributed by atoms with Gasteiger partial charge in [0.1, 0.15) is 7.85 Å². The molecule has 13 heavy (non-hydrogen) atoms. The molecule has 4 heteroatoms. The third kappa shape index (κ3) is 3.07. The van der Waals surface area contributed by atoms with Crippen LogP contribution in [0.1, 0.15) is 9.67 Å². The summed E-state index contributed by atoms with van der Waals surface area (Å²) < 4.78 is 0. The first-order chi connectivity index (χ1) is 6.09. The second-order valence-electron chi connectivity index (χ2n) is 3.13. The lowest BCUT2D eigenvalue weighted by Crippen LogP contribution is -2.02. The van der Waals surface area contributed by atoms with Crippen LogP contribution in [0.25, 0.3) is 0 Å². The summed E-state index contributed by atoms with van der Waals surface area (Å²) in [5, 5.41) is 1.98. The highest BCUT2D eigenvalue weighted by atomic mass is 32.1. The molecule has 0 fully saturated rings.